The number of likely N-dealkylation sites (tertiary alicyclic amines) is 1. The van der Waals surface area contributed by atoms with E-state index in [-0.39, 0.29) is 5.91 Å². The summed E-state index contributed by atoms with van der Waals surface area (Å²) in [6.45, 7) is 7.19. The van der Waals surface area contributed by atoms with Crippen LogP contribution in [0.2, 0.25) is 0 Å². The minimum atomic E-state index is 0.164. The molecule has 102 valence electrons. The van der Waals surface area contributed by atoms with Crippen LogP contribution in [0.15, 0.2) is 22.7 Å². The average Bonchev–Trinajstić information content (AvgIpc) is 2.95. The highest BCUT2D eigenvalue weighted by molar-refractivity contribution is 9.10. The molecule has 2 heterocycles. The van der Waals surface area contributed by atoms with Gasteiger partial charge in [-0.2, -0.15) is 0 Å². The molecule has 1 amide bonds. The number of nitrogens with zero attached hydrogens (tertiary/aromatic N) is 1. The van der Waals surface area contributed by atoms with E-state index >= 15 is 0 Å². The largest absolute Gasteiger partial charge is 0.335 e. The molecule has 2 saturated heterocycles. The van der Waals surface area contributed by atoms with E-state index in [0.717, 1.165) is 35.2 Å². The van der Waals surface area contributed by atoms with Gasteiger partial charge in [-0.25, -0.2) is 0 Å². The number of aryl methyl sites for hydroxylation is 1. The van der Waals surface area contributed by atoms with Gasteiger partial charge in [0.05, 0.1) is 5.56 Å². The first-order chi connectivity index (χ1) is 9.08. The fourth-order valence-corrected chi connectivity index (χ4v) is 3.81. The van der Waals surface area contributed by atoms with Crippen LogP contribution < -0.4 is 5.32 Å². The van der Waals surface area contributed by atoms with E-state index in [4.69, 9.17) is 0 Å². The second-order valence-electron chi connectivity index (χ2n) is 5.76. The van der Waals surface area contributed by atoms with Crippen LogP contribution in [0.25, 0.3) is 0 Å². The fourth-order valence-electron chi connectivity index (χ4n) is 3.39. The summed E-state index contributed by atoms with van der Waals surface area (Å²) in [7, 11) is 0. The van der Waals surface area contributed by atoms with Gasteiger partial charge in [0.1, 0.15) is 0 Å². The summed E-state index contributed by atoms with van der Waals surface area (Å²) in [5.41, 5.74) is 1.92. The maximum atomic E-state index is 12.7. The summed E-state index contributed by atoms with van der Waals surface area (Å²) in [4.78, 5) is 14.8. The zero-order chi connectivity index (χ0) is 13.6. The molecule has 0 saturated carbocycles. The smallest absolute Gasteiger partial charge is 0.255 e. The van der Waals surface area contributed by atoms with Crippen LogP contribution in [0.1, 0.15) is 22.8 Å². The molecule has 0 spiro atoms. The van der Waals surface area contributed by atoms with Crippen molar-refractivity contribution in [3.05, 3.63) is 33.8 Å². The van der Waals surface area contributed by atoms with Gasteiger partial charge in [0, 0.05) is 30.1 Å². The van der Waals surface area contributed by atoms with Crippen molar-refractivity contribution in [2.75, 3.05) is 19.6 Å². The fraction of sp³-hybridized carbons (Fsp3) is 0.533. The molecule has 2 aliphatic rings. The standard InChI is InChI=1S/C15H19BrN2O/c1-9-3-4-14(16)12(5-9)15(19)18-8-11-6-17-7-13(11)10(18)2/h3-5,10-11,13,17H,6-8H2,1-2H3. The van der Waals surface area contributed by atoms with Crippen LogP contribution in [-0.4, -0.2) is 36.5 Å². The molecule has 4 heteroatoms. The molecule has 1 N–H and O–H groups in total. The highest BCUT2D eigenvalue weighted by Gasteiger charge is 2.43. The van der Waals surface area contributed by atoms with Crippen LogP contribution in [-0.2, 0) is 0 Å². The Hall–Kier alpha value is -0.870. The lowest BCUT2D eigenvalue weighted by molar-refractivity contribution is 0.0727. The van der Waals surface area contributed by atoms with Crippen molar-refractivity contribution in [1.29, 1.82) is 0 Å². The van der Waals surface area contributed by atoms with Crippen LogP contribution >= 0.6 is 15.9 Å². The average molecular weight is 323 g/mol. The highest BCUT2D eigenvalue weighted by Crippen LogP contribution is 2.34. The van der Waals surface area contributed by atoms with Crippen molar-refractivity contribution in [2.24, 2.45) is 11.8 Å². The lowest BCUT2D eigenvalue weighted by Gasteiger charge is -2.25. The maximum Gasteiger partial charge on any atom is 0.255 e. The van der Waals surface area contributed by atoms with E-state index in [1.54, 1.807) is 0 Å². The van der Waals surface area contributed by atoms with Gasteiger partial charge in [-0.1, -0.05) is 11.6 Å². The molecule has 0 radical (unpaired) electrons. The molecule has 3 unspecified atom stereocenters. The van der Waals surface area contributed by atoms with E-state index in [0.29, 0.717) is 17.9 Å². The zero-order valence-electron chi connectivity index (χ0n) is 11.3. The van der Waals surface area contributed by atoms with E-state index < -0.39 is 0 Å². The van der Waals surface area contributed by atoms with Crippen LogP contribution in [0.3, 0.4) is 0 Å². The number of carbonyl (C=O) groups is 1. The molecule has 2 aliphatic heterocycles. The molecular formula is C15H19BrN2O. The van der Waals surface area contributed by atoms with Crippen LogP contribution in [0.4, 0.5) is 0 Å². The van der Waals surface area contributed by atoms with E-state index in [2.05, 4.69) is 33.1 Å². The summed E-state index contributed by atoms with van der Waals surface area (Å²) in [5.74, 6) is 1.41. The predicted octanol–water partition coefficient (Wildman–Crippen LogP) is 2.44. The zero-order valence-corrected chi connectivity index (χ0v) is 12.9. The minimum Gasteiger partial charge on any atom is -0.335 e. The Kier molecular flexibility index (Phi) is 3.39. The molecule has 0 aromatic heterocycles. The van der Waals surface area contributed by atoms with E-state index in [9.17, 15) is 4.79 Å². The number of fused-ring (bicyclic) bond motifs is 1. The van der Waals surface area contributed by atoms with Crippen molar-refractivity contribution in [3.63, 3.8) is 0 Å². The number of benzene rings is 1. The summed E-state index contributed by atoms with van der Waals surface area (Å²) in [6.07, 6.45) is 0. The van der Waals surface area contributed by atoms with Gasteiger partial charge in [-0.3, -0.25) is 4.79 Å². The number of rotatable bonds is 1. The minimum absolute atomic E-state index is 0.164. The Morgan fingerprint density at radius 2 is 2.21 bits per heavy atom. The Morgan fingerprint density at radius 1 is 1.42 bits per heavy atom. The third-order valence-electron chi connectivity index (χ3n) is 4.55. The van der Waals surface area contributed by atoms with E-state index in [1.165, 1.54) is 0 Å². The lowest BCUT2D eigenvalue weighted by Crippen LogP contribution is -2.38. The van der Waals surface area contributed by atoms with Crippen LogP contribution in [0.5, 0.6) is 0 Å². The topological polar surface area (TPSA) is 32.3 Å². The molecule has 3 rings (SSSR count). The van der Waals surface area contributed by atoms with Gasteiger partial charge >= 0.3 is 0 Å². The normalized spacial score (nSPS) is 29.6. The lowest BCUT2D eigenvalue weighted by atomic mass is 9.95. The molecular weight excluding hydrogens is 304 g/mol. The number of carbonyl (C=O) groups excluding carboxylic acids is 1. The Bertz CT molecular complexity index is 517. The monoisotopic (exact) mass is 322 g/mol. The Morgan fingerprint density at radius 3 is 2.95 bits per heavy atom. The van der Waals surface area contributed by atoms with Crippen LogP contribution in [0, 0.1) is 18.8 Å². The predicted molar refractivity (Wildman–Crippen MR) is 79.2 cm³/mol. The maximum absolute atomic E-state index is 12.7. The van der Waals surface area contributed by atoms with Crippen molar-refractivity contribution in [2.45, 2.75) is 19.9 Å². The van der Waals surface area contributed by atoms with E-state index in [1.807, 2.05) is 25.1 Å². The first kappa shape index (κ1) is 13.1. The van der Waals surface area contributed by atoms with Crippen molar-refractivity contribution < 1.29 is 4.79 Å². The first-order valence-electron chi connectivity index (χ1n) is 6.86. The second-order valence-corrected chi connectivity index (χ2v) is 6.62. The van der Waals surface area contributed by atoms with Crippen molar-refractivity contribution in [3.8, 4) is 0 Å². The van der Waals surface area contributed by atoms with Gasteiger partial charge in [0.15, 0.2) is 0 Å². The SMILES string of the molecule is Cc1ccc(Br)c(C(=O)N2CC3CNCC3C2C)c1. The number of hydrogen-bond donors (Lipinski definition) is 1. The Balaban J connectivity index is 1.86. The van der Waals surface area contributed by atoms with Crippen molar-refractivity contribution >= 4 is 21.8 Å². The Labute approximate surface area is 122 Å². The van der Waals surface area contributed by atoms with Crippen molar-refractivity contribution in [1.82, 2.24) is 10.2 Å². The molecule has 1 aromatic rings. The molecule has 0 aliphatic carbocycles. The molecule has 2 fully saturated rings. The van der Waals surface area contributed by atoms with Gasteiger partial charge in [0.25, 0.3) is 5.91 Å². The number of nitrogens with one attached hydrogen (secondary N) is 1. The third-order valence-corrected chi connectivity index (χ3v) is 5.24. The quantitative estimate of drug-likeness (QED) is 0.861. The first-order valence-corrected chi connectivity index (χ1v) is 7.65. The molecule has 3 atom stereocenters. The summed E-state index contributed by atoms with van der Waals surface area (Å²) >= 11 is 3.50. The summed E-state index contributed by atoms with van der Waals surface area (Å²) < 4.78 is 0.894. The van der Waals surface area contributed by atoms with Gasteiger partial charge in [-0.05, 0) is 53.7 Å². The number of amides is 1. The van der Waals surface area contributed by atoms with Gasteiger partial charge in [-0.15, -0.1) is 0 Å². The molecule has 0 bridgehead atoms. The summed E-state index contributed by atoms with van der Waals surface area (Å²) in [5, 5.41) is 3.43. The molecule has 3 nitrogen and oxygen atoms in total. The number of halogens is 1. The van der Waals surface area contributed by atoms with Gasteiger partial charge < -0.3 is 10.2 Å². The van der Waals surface area contributed by atoms with Gasteiger partial charge in [0.2, 0.25) is 0 Å². The highest BCUT2D eigenvalue weighted by atomic mass is 79.9. The third kappa shape index (κ3) is 2.21. The summed E-state index contributed by atoms with van der Waals surface area (Å²) in [6, 6.07) is 6.30. The second kappa shape index (κ2) is 4.91. The molecule has 19 heavy (non-hydrogen) atoms. The number of hydrogen-bond acceptors (Lipinski definition) is 2. The molecule has 1 aromatic carbocycles.